The standard InChI is InChI=1S/C28H34N4O5/c1-27(2)13-22(34)32(26(29)31-27)18-12-28(3,4)37-21-10-9-15(11-17(18)21)24-25(36-24)30-23-16-7-5-6-8-20(16)35-14-19(23)33/h5-11,18-19,23-25,30,33H,12-14H2,1-4H3,(H2,29,31)/t18-,19-,23-,24?,25?/m1/s1. The summed E-state index contributed by atoms with van der Waals surface area (Å²) in [5.41, 5.74) is 1.81. The Labute approximate surface area is 216 Å². The Balaban J connectivity index is 1.26. The summed E-state index contributed by atoms with van der Waals surface area (Å²) in [7, 11) is 0. The van der Waals surface area contributed by atoms with Crippen LogP contribution in [-0.4, -0.2) is 52.0 Å². The van der Waals surface area contributed by atoms with E-state index in [1.165, 1.54) is 0 Å². The number of hydrogen-bond acceptors (Lipinski definition) is 7. The Hall–Kier alpha value is -3.14. The molecule has 0 radical (unpaired) electrons. The van der Waals surface area contributed by atoms with Gasteiger partial charge in [0.2, 0.25) is 5.91 Å². The zero-order valence-electron chi connectivity index (χ0n) is 21.6. The number of carbonyl (C=O) groups excluding carboxylic acids is 1. The highest BCUT2D eigenvalue weighted by Crippen LogP contribution is 2.47. The first-order valence-corrected chi connectivity index (χ1v) is 12.8. The molecule has 37 heavy (non-hydrogen) atoms. The van der Waals surface area contributed by atoms with Crippen LogP contribution in [-0.2, 0) is 9.53 Å². The lowest BCUT2D eigenvalue weighted by Crippen LogP contribution is -2.61. The molecule has 4 N–H and O–H groups in total. The lowest BCUT2D eigenvalue weighted by molar-refractivity contribution is -0.133. The maximum absolute atomic E-state index is 13.2. The highest BCUT2D eigenvalue weighted by Gasteiger charge is 2.47. The van der Waals surface area contributed by atoms with Gasteiger partial charge in [-0.25, -0.2) is 0 Å². The van der Waals surface area contributed by atoms with Crippen molar-refractivity contribution in [3.8, 4) is 11.5 Å². The number of carbonyl (C=O) groups is 1. The van der Waals surface area contributed by atoms with E-state index in [0.717, 1.165) is 28.2 Å². The van der Waals surface area contributed by atoms with Crippen LogP contribution < -0.4 is 20.1 Å². The molecule has 196 valence electrons. The van der Waals surface area contributed by atoms with Crippen molar-refractivity contribution in [1.29, 1.82) is 5.41 Å². The fraction of sp³-hybridized carbons (Fsp3) is 0.500. The van der Waals surface area contributed by atoms with Crippen LogP contribution in [0.3, 0.4) is 0 Å². The fourth-order valence-corrected chi connectivity index (χ4v) is 5.80. The molecule has 2 fully saturated rings. The minimum Gasteiger partial charge on any atom is -0.490 e. The molecule has 2 unspecified atom stereocenters. The van der Waals surface area contributed by atoms with Crippen molar-refractivity contribution < 1.29 is 24.1 Å². The average Bonchev–Trinajstić information content (AvgIpc) is 3.58. The first kappa shape index (κ1) is 24.2. The van der Waals surface area contributed by atoms with Crippen LogP contribution in [0.5, 0.6) is 11.5 Å². The van der Waals surface area contributed by atoms with Gasteiger partial charge in [-0.1, -0.05) is 24.3 Å². The second kappa shape index (κ2) is 8.44. The predicted octanol–water partition coefficient (Wildman–Crippen LogP) is 3.31. The summed E-state index contributed by atoms with van der Waals surface area (Å²) in [6, 6.07) is 13.1. The number of amides is 1. The number of ether oxygens (including phenoxy) is 3. The van der Waals surface area contributed by atoms with E-state index in [0.29, 0.717) is 12.8 Å². The Morgan fingerprint density at radius 3 is 2.68 bits per heavy atom. The number of nitrogens with zero attached hydrogens (tertiary/aromatic N) is 1. The maximum Gasteiger partial charge on any atom is 0.232 e. The van der Waals surface area contributed by atoms with E-state index in [9.17, 15) is 9.90 Å². The quantitative estimate of drug-likeness (QED) is 0.470. The molecule has 0 aromatic heterocycles. The van der Waals surface area contributed by atoms with Gasteiger partial charge in [-0.2, -0.15) is 0 Å². The molecule has 0 spiro atoms. The predicted molar refractivity (Wildman–Crippen MR) is 136 cm³/mol. The number of rotatable bonds is 4. The molecule has 4 heterocycles. The number of aliphatic hydroxyl groups excluding tert-OH is 1. The number of fused-ring (bicyclic) bond motifs is 2. The number of nitrogens with one attached hydrogen (secondary N) is 3. The van der Waals surface area contributed by atoms with E-state index in [-0.39, 0.29) is 42.9 Å². The molecule has 9 heteroatoms. The molecular weight excluding hydrogens is 472 g/mol. The molecule has 0 bridgehead atoms. The molecule has 9 nitrogen and oxygen atoms in total. The Morgan fingerprint density at radius 1 is 1.11 bits per heavy atom. The van der Waals surface area contributed by atoms with Gasteiger partial charge in [0.15, 0.2) is 5.96 Å². The van der Waals surface area contributed by atoms with Gasteiger partial charge in [-0.05, 0) is 51.5 Å². The second-order valence-electron chi connectivity index (χ2n) is 11.7. The molecule has 5 atom stereocenters. The average molecular weight is 507 g/mol. The Bertz CT molecular complexity index is 1240. The monoisotopic (exact) mass is 506 g/mol. The summed E-state index contributed by atoms with van der Waals surface area (Å²) >= 11 is 0. The van der Waals surface area contributed by atoms with Crippen LogP contribution in [0, 0.1) is 5.41 Å². The van der Waals surface area contributed by atoms with Crippen LogP contribution in [0.15, 0.2) is 42.5 Å². The number of aliphatic hydroxyl groups is 1. The highest BCUT2D eigenvalue weighted by atomic mass is 16.6. The summed E-state index contributed by atoms with van der Waals surface area (Å²) in [5, 5.41) is 25.9. The highest BCUT2D eigenvalue weighted by molar-refractivity contribution is 5.99. The third-order valence-electron chi connectivity index (χ3n) is 7.55. The van der Waals surface area contributed by atoms with Gasteiger partial charge in [-0.3, -0.25) is 20.4 Å². The lowest BCUT2D eigenvalue weighted by atomic mass is 9.86. The van der Waals surface area contributed by atoms with Crippen molar-refractivity contribution in [1.82, 2.24) is 15.5 Å². The van der Waals surface area contributed by atoms with Crippen molar-refractivity contribution in [3.05, 3.63) is 59.2 Å². The molecule has 2 aromatic carbocycles. The third kappa shape index (κ3) is 4.45. The zero-order valence-corrected chi connectivity index (χ0v) is 21.6. The van der Waals surface area contributed by atoms with Crippen LogP contribution in [0.1, 0.15) is 75.4 Å². The van der Waals surface area contributed by atoms with Crippen molar-refractivity contribution in [2.45, 2.75) is 82.2 Å². The van der Waals surface area contributed by atoms with Crippen molar-refractivity contribution in [2.24, 2.45) is 0 Å². The van der Waals surface area contributed by atoms with Crippen LogP contribution in [0.2, 0.25) is 0 Å². The van der Waals surface area contributed by atoms with Gasteiger partial charge in [0, 0.05) is 29.5 Å². The number of para-hydroxylation sites is 1. The number of benzene rings is 2. The molecule has 2 aromatic rings. The third-order valence-corrected chi connectivity index (χ3v) is 7.55. The zero-order chi connectivity index (χ0) is 26.1. The molecule has 1 amide bonds. The van der Waals surface area contributed by atoms with Gasteiger partial charge < -0.3 is 24.6 Å². The topological polar surface area (TPSA) is 119 Å². The van der Waals surface area contributed by atoms with Crippen LogP contribution in [0.25, 0.3) is 0 Å². The van der Waals surface area contributed by atoms with Crippen LogP contribution >= 0.6 is 0 Å². The van der Waals surface area contributed by atoms with E-state index in [1.54, 1.807) is 4.90 Å². The van der Waals surface area contributed by atoms with Gasteiger partial charge in [0.25, 0.3) is 0 Å². The van der Waals surface area contributed by atoms with E-state index in [4.69, 9.17) is 19.6 Å². The molecule has 0 saturated carbocycles. The van der Waals surface area contributed by atoms with Gasteiger partial charge >= 0.3 is 0 Å². The van der Waals surface area contributed by atoms with E-state index >= 15 is 0 Å². The van der Waals surface area contributed by atoms with Gasteiger partial charge in [-0.15, -0.1) is 0 Å². The summed E-state index contributed by atoms with van der Waals surface area (Å²) < 4.78 is 17.9. The summed E-state index contributed by atoms with van der Waals surface area (Å²) in [6.45, 7) is 8.10. The van der Waals surface area contributed by atoms with Crippen LogP contribution in [0.4, 0.5) is 0 Å². The van der Waals surface area contributed by atoms with E-state index in [1.807, 2.05) is 70.2 Å². The van der Waals surface area contributed by atoms with E-state index < -0.39 is 17.2 Å². The number of guanidine groups is 1. The number of epoxide rings is 1. The second-order valence-corrected chi connectivity index (χ2v) is 11.7. The molecule has 4 aliphatic heterocycles. The first-order valence-electron chi connectivity index (χ1n) is 12.8. The van der Waals surface area contributed by atoms with Crippen molar-refractivity contribution >= 4 is 11.9 Å². The Kier molecular flexibility index (Phi) is 5.52. The first-order chi connectivity index (χ1) is 17.5. The molecular formula is C28H34N4O5. The minimum atomic E-state index is -0.684. The normalized spacial score (nSPS) is 31.4. The SMILES string of the molecule is CC1(C)CC(=O)N([C@@H]2CC(C)(C)Oc3ccc(C4OC4N[C@@H]4c5ccccc5OC[C@H]4O)cc32)C(=N)N1. The van der Waals surface area contributed by atoms with Gasteiger partial charge in [0.05, 0.1) is 12.1 Å². The largest absolute Gasteiger partial charge is 0.490 e. The molecule has 2 saturated heterocycles. The molecule has 6 rings (SSSR count). The maximum atomic E-state index is 13.2. The summed E-state index contributed by atoms with van der Waals surface area (Å²) in [4.78, 5) is 14.8. The summed E-state index contributed by atoms with van der Waals surface area (Å²) in [5.74, 6) is 1.54. The van der Waals surface area contributed by atoms with Crippen molar-refractivity contribution in [2.75, 3.05) is 6.61 Å². The smallest absolute Gasteiger partial charge is 0.232 e. The summed E-state index contributed by atoms with van der Waals surface area (Å²) in [6.07, 6.45) is -0.263. The van der Waals surface area contributed by atoms with E-state index in [2.05, 4.69) is 10.6 Å². The minimum absolute atomic E-state index is 0.0674. The number of hydrogen-bond donors (Lipinski definition) is 4. The molecule has 0 aliphatic carbocycles. The van der Waals surface area contributed by atoms with Crippen molar-refractivity contribution in [3.63, 3.8) is 0 Å². The fourth-order valence-electron chi connectivity index (χ4n) is 5.80. The van der Waals surface area contributed by atoms with Gasteiger partial charge in [0.1, 0.15) is 42.1 Å². The Morgan fingerprint density at radius 2 is 1.89 bits per heavy atom. The molecule has 4 aliphatic rings. The lowest BCUT2D eigenvalue weighted by Gasteiger charge is -2.46.